The van der Waals surface area contributed by atoms with Crippen LogP contribution in [0.5, 0.6) is 0 Å². The Hall–Kier alpha value is -1.34. The summed E-state index contributed by atoms with van der Waals surface area (Å²) in [7, 11) is -1.54. The van der Waals surface area contributed by atoms with Crippen molar-refractivity contribution in [2.24, 2.45) is 7.05 Å². The molecule has 0 aliphatic heterocycles. The molecule has 96 valence electrons. The van der Waals surface area contributed by atoms with Crippen molar-refractivity contribution in [3.05, 3.63) is 24.0 Å². The summed E-state index contributed by atoms with van der Waals surface area (Å²) in [5, 5.41) is 8.40. The summed E-state index contributed by atoms with van der Waals surface area (Å²) in [6.45, 7) is 0.232. The minimum atomic E-state index is -3.39. The topological polar surface area (TPSA) is 88.4 Å². The number of carboxylic acids is 1. The predicted molar refractivity (Wildman–Crippen MR) is 62.9 cm³/mol. The normalized spacial score (nSPS) is 11.6. The van der Waals surface area contributed by atoms with Crippen LogP contribution in [0.25, 0.3) is 0 Å². The zero-order valence-corrected chi connectivity index (χ0v) is 10.4. The van der Waals surface area contributed by atoms with Crippen molar-refractivity contribution in [1.82, 2.24) is 9.29 Å². The second-order valence-corrected chi connectivity index (χ2v) is 5.75. The van der Waals surface area contributed by atoms with Crippen molar-refractivity contribution >= 4 is 16.0 Å². The first-order valence-electron chi connectivity index (χ1n) is 5.19. The number of carboxylic acid groups (broad SMARTS) is 1. The fourth-order valence-electron chi connectivity index (χ4n) is 1.34. The van der Waals surface area contributed by atoms with Crippen molar-refractivity contribution in [3.8, 4) is 0 Å². The number of rotatable bonds is 7. The van der Waals surface area contributed by atoms with Crippen LogP contribution in [0.1, 0.15) is 18.4 Å². The zero-order valence-electron chi connectivity index (χ0n) is 9.59. The van der Waals surface area contributed by atoms with E-state index in [1.165, 1.54) is 0 Å². The molecule has 1 aromatic rings. The molecular weight excluding hydrogens is 244 g/mol. The van der Waals surface area contributed by atoms with E-state index in [9.17, 15) is 13.2 Å². The number of aromatic nitrogens is 1. The molecule has 0 unspecified atom stereocenters. The predicted octanol–water partition coefficient (Wildman–Crippen LogP) is 0.309. The first-order valence-corrected chi connectivity index (χ1v) is 6.84. The fraction of sp³-hybridized carbons (Fsp3) is 0.500. The molecule has 6 nitrogen and oxygen atoms in total. The van der Waals surface area contributed by atoms with Gasteiger partial charge in [-0.25, -0.2) is 13.1 Å². The summed E-state index contributed by atoms with van der Waals surface area (Å²) in [6, 6.07) is 1.82. The number of hydrogen-bond acceptors (Lipinski definition) is 3. The molecule has 0 bridgehead atoms. The Bertz CT molecular complexity index is 478. The number of nitrogens with zero attached hydrogens (tertiary/aromatic N) is 1. The Morgan fingerprint density at radius 3 is 2.76 bits per heavy atom. The van der Waals surface area contributed by atoms with E-state index in [1.54, 1.807) is 0 Å². The van der Waals surface area contributed by atoms with Crippen molar-refractivity contribution in [1.29, 1.82) is 0 Å². The van der Waals surface area contributed by atoms with Gasteiger partial charge in [-0.05, 0) is 18.1 Å². The number of aryl methyl sites for hydroxylation is 1. The molecule has 0 spiro atoms. The number of carbonyl (C=O) groups is 1. The molecule has 0 amide bonds. The maximum atomic E-state index is 11.5. The lowest BCUT2D eigenvalue weighted by atomic mass is 10.3. The lowest BCUT2D eigenvalue weighted by Gasteiger charge is -2.04. The van der Waals surface area contributed by atoms with Crippen LogP contribution in [0.2, 0.25) is 0 Å². The van der Waals surface area contributed by atoms with E-state index >= 15 is 0 Å². The van der Waals surface area contributed by atoms with Gasteiger partial charge in [-0.2, -0.15) is 0 Å². The summed E-state index contributed by atoms with van der Waals surface area (Å²) in [5.41, 5.74) is 0.870. The standard InChI is InChI=1S/C10H16N2O4S/c1-12-5-4-9(8-12)7-11-17(15,16)6-2-3-10(13)14/h4-5,8,11H,2-3,6-7H2,1H3,(H,13,14). The van der Waals surface area contributed by atoms with Gasteiger partial charge in [-0.3, -0.25) is 4.79 Å². The highest BCUT2D eigenvalue weighted by Gasteiger charge is 2.11. The maximum absolute atomic E-state index is 11.5. The summed E-state index contributed by atoms with van der Waals surface area (Å²) in [4.78, 5) is 10.2. The van der Waals surface area contributed by atoms with Gasteiger partial charge in [0.15, 0.2) is 0 Å². The summed E-state index contributed by atoms with van der Waals surface area (Å²) < 4.78 is 27.2. The summed E-state index contributed by atoms with van der Waals surface area (Å²) in [5.74, 6) is -1.14. The van der Waals surface area contributed by atoms with Gasteiger partial charge in [0, 0.05) is 32.4 Å². The van der Waals surface area contributed by atoms with Crippen LogP contribution in [-0.4, -0.2) is 29.8 Å². The highest BCUT2D eigenvalue weighted by Crippen LogP contribution is 2.01. The van der Waals surface area contributed by atoms with Gasteiger partial charge in [0.2, 0.25) is 10.0 Å². The lowest BCUT2D eigenvalue weighted by Crippen LogP contribution is -2.26. The molecule has 1 rings (SSSR count). The van der Waals surface area contributed by atoms with Crippen molar-refractivity contribution in [2.45, 2.75) is 19.4 Å². The van der Waals surface area contributed by atoms with E-state index in [0.29, 0.717) is 0 Å². The molecule has 0 atom stereocenters. The highest BCUT2D eigenvalue weighted by molar-refractivity contribution is 7.89. The van der Waals surface area contributed by atoms with Crippen LogP contribution in [0.4, 0.5) is 0 Å². The molecule has 0 saturated heterocycles. The molecule has 0 aliphatic rings. The number of nitrogens with one attached hydrogen (secondary N) is 1. The van der Waals surface area contributed by atoms with Crippen LogP contribution in [0.3, 0.4) is 0 Å². The average Bonchev–Trinajstić information content (AvgIpc) is 2.61. The van der Waals surface area contributed by atoms with E-state index in [1.807, 2.05) is 30.1 Å². The van der Waals surface area contributed by atoms with Gasteiger partial charge >= 0.3 is 5.97 Å². The molecule has 0 radical (unpaired) electrons. The van der Waals surface area contributed by atoms with Gasteiger partial charge in [-0.15, -0.1) is 0 Å². The average molecular weight is 260 g/mol. The Kier molecular flexibility index (Phi) is 4.71. The van der Waals surface area contributed by atoms with Crippen LogP contribution >= 0.6 is 0 Å². The first-order chi connectivity index (χ1) is 7.89. The van der Waals surface area contributed by atoms with Crippen molar-refractivity contribution < 1.29 is 18.3 Å². The van der Waals surface area contributed by atoms with E-state index in [2.05, 4.69) is 4.72 Å². The van der Waals surface area contributed by atoms with Crippen LogP contribution in [0.15, 0.2) is 18.5 Å². The zero-order chi connectivity index (χ0) is 12.9. The number of hydrogen-bond donors (Lipinski definition) is 2. The Morgan fingerprint density at radius 2 is 2.24 bits per heavy atom. The summed E-state index contributed by atoms with van der Waals surface area (Å²) >= 11 is 0. The van der Waals surface area contributed by atoms with E-state index in [0.717, 1.165) is 5.56 Å². The van der Waals surface area contributed by atoms with Gasteiger partial charge in [-0.1, -0.05) is 0 Å². The second-order valence-electron chi connectivity index (χ2n) is 3.82. The first kappa shape index (κ1) is 13.7. The van der Waals surface area contributed by atoms with E-state index < -0.39 is 16.0 Å². The molecule has 7 heteroatoms. The number of aliphatic carboxylic acids is 1. The van der Waals surface area contributed by atoms with Crippen LogP contribution < -0.4 is 4.72 Å². The molecule has 0 saturated carbocycles. The van der Waals surface area contributed by atoms with Crippen LogP contribution in [0, 0.1) is 0 Å². The highest BCUT2D eigenvalue weighted by atomic mass is 32.2. The third kappa shape index (κ3) is 5.50. The molecule has 1 aromatic heterocycles. The molecule has 1 heterocycles. The van der Waals surface area contributed by atoms with Crippen molar-refractivity contribution in [3.63, 3.8) is 0 Å². The minimum absolute atomic E-state index is 0.124. The van der Waals surface area contributed by atoms with E-state index in [-0.39, 0.29) is 25.1 Å². The van der Waals surface area contributed by atoms with Gasteiger partial charge in [0.25, 0.3) is 0 Å². The third-order valence-electron chi connectivity index (χ3n) is 2.19. The molecule has 17 heavy (non-hydrogen) atoms. The largest absolute Gasteiger partial charge is 0.481 e. The molecule has 0 fully saturated rings. The molecule has 0 aliphatic carbocycles. The fourth-order valence-corrected chi connectivity index (χ4v) is 2.40. The Morgan fingerprint density at radius 1 is 1.53 bits per heavy atom. The molecular formula is C10H16N2O4S. The molecule has 0 aromatic carbocycles. The summed E-state index contributed by atoms with van der Waals surface area (Å²) in [6.07, 6.45) is 3.64. The van der Waals surface area contributed by atoms with Crippen LogP contribution in [-0.2, 0) is 28.4 Å². The monoisotopic (exact) mass is 260 g/mol. The van der Waals surface area contributed by atoms with Gasteiger partial charge in [0.05, 0.1) is 5.75 Å². The lowest BCUT2D eigenvalue weighted by molar-refractivity contribution is -0.137. The number of sulfonamides is 1. The molecule has 2 N–H and O–H groups in total. The third-order valence-corrected chi connectivity index (χ3v) is 3.60. The van der Waals surface area contributed by atoms with Gasteiger partial charge < -0.3 is 9.67 Å². The Balaban J connectivity index is 2.36. The quantitative estimate of drug-likeness (QED) is 0.738. The second kappa shape index (κ2) is 5.83. The van der Waals surface area contributed by atoms with Gasteiger partial charge in [0.1, 0.15) is 0 Å². The smallest absolute Gasteiger partial charge is 0.303 e. The minimum Gasteiger partial charge on any atom is -0.481 e. The Labute approximate surface area is 100 Å². The maximum Gasteiger partial charge on any atom is 0.303 e. The SMILES string of the molecule is Cn1ccc(CNS(=O)(=O)CCCC(=O)O)c1. The van der Waals surface area contributed by atoms with E-state index in [4.69, 9.17) is 5.11 Å². The van der Waals surface area contributed by atoms with Crippen molar-refractivity contribution in [2.75, 3.05) is 5.75 Å².